The van der Waals surface area contributed by atoms with E-state index in [1.54, 1.807) is 0 Å². The summed E-state index contributed by atoms with van der Waals surface area (Å²) in [6.45, 7) is 2.07. The van der Waals surface area contributed by atoms with Crippen molar-refractivity contribution >= 4 is 0 Å². The van der Waals surface area contributed by atoms with E-state index in [9.17, 15) is 5.11 Å². The van der Waals surface area contributed by atoms with Gasteiger partial charge in [0, 0.05) is 25.4 Å². The summed E-state index contributed by atoms with van der Waals surface area (Å²) in [5, 5.41) is 18.1. The zero-order valence-electron chi connectivity index (χ0n) is 10.3. The van der Waals surface area contributed by atoms with Gasteiger partial charge in [0.1, 0.15) is 11.6 Å². The maximum atomic E-state index is 9.60. The number of likely N-dealkylation sites (N-methyl/N-ethyl adjacent to an activating group) is 1. The van der Waals surface area contributed by atoms with Crippen molar-refractivity contribution in [3.63, 3.8) is 0 Å². The van der Waals surface area contributed by atoms with Gasteiger partial charge >= 0.3 is 0 Å². The lowest BCUT2D eigenvalue weighted by Crippen LogP contribution is -2.29. The highest BCUT2D eigenvalue weighted by atomic mass is 16.3. The van der Waals surface area contributed by atoms with Crippen molar-refractivity contribution in [1.82, 2.24) is 19.7 Å². The molecule has 17 heavy (non-hydrogen) atoms. The van der Waals surface area contributed by atoms with Crippen LogP contribution in [0.4, 0.5) is 0 Å². The topological polar surface area (TPSA) is 54.2 Å². The third-order valence-corrected chi connectivity index (χ3v) is 4.10. The molecule has 2 aliphatic rings. The molecule has 2 atom stereocenters. The van der Waals surface area contributed by atoms with Gasteiger partial charge in [0.2, 0.25) is 0 Å². The Morgan fingerprint density at radius 3 is 2.94 bits per heavy atom. The van der Waals surface area contributed by atoms with Crippen molar-refractivity contribution < 1.29 is 5.11 Å². The van der Waals surface area contributed by atoms with Crippen LogP contribution < -0.4 is 0 Å². The van der Waals surface area contributed by atoms with Crippen LogP contribution in [0, 0.1) is 0 Å². The van der Waals surface area contributed by atoms with Crippen LogP contribution in [0.2, 0.25) is 0 Å². The number of likely N-dealkylation sites (tertiary alicyclic amines) is 1. The number of aromatic nitrogens is 3. The van der Waals surface area contributed by atoms with Gasteiger partial charge in [-0.1, -0.05) is 0 Å². The molecule has 3 heterocycles. The smallest absolute Gasteiger partial charge is 0.135 e. The van der Waals surface area contributed by atoms with Gasteiger partial charge in [-0.05, 0) is 32.9 Å². The van der Waals surface area contributed by atoms with E-state index in [1.807, 2.05) is 0 Å². The van der Waals surface area contributed by atoms with Crippen LogP contribution in [-0.4, -0.2) is 50.5 Å². The van der Waals surface area contributed by atoms with E-state index in [4.69, 9.17) is 0 Å². The first kappa shape index (κ1) is 11.2. The first-order valence-electron chi connectivity index (χ1n) is 6.53. The van der Waals surface area contributed by atoms with Crippen LogP contribution in [0.3, 0.4) is 0 Å². The summed E-state index contributed by atoms with van der Waals surface area (Å²) < 4.78 is 2.21. The third kappa shape index (κ3) is 2.09. The van der Waals surface area contributed by atoms with Crippen molar-refractivity contribution in [2.45, 2.75) is 50.8 Å². The van der Waals surface area contributed by atoms with E-state index >= 15 is 0 Å². The van der Waals surface area contributed by atoms with E-state index in [0.29, 0.717) is 12.5 Å². The zero-order valence-corrected chi connectivity index (χ0v) is 10.3. The fraction of sp³-hybridized carbons (Fsp3) is 0.833. The molecule has 5 heteroatoms. The van der Waals surface area contributed by atoms with Crippen LogP contribution >= 0.6 is 0 Å². The molecule has 94 valence electrons. The van der Waals surface area contributed by atoms with Gasteiger partial charge in [-0.2, -0.15) is 0 Å². The fourth-order valence-corrected chi connectivity index (χ4v) is 2.97. The molecule has 1 fully saturated rings. The summed E-state index contributed by atoms with van der Waals surface area (Å²) in [5.41, 5.74) is 0. The molecule has 1 N–H and O–H groups in total. The first-order chi connectivity index (χ1) is 8.24. The Balaban J connectivity index is 1.76. The largest absolute Gasteiger partial charge is 0.393 e. The molecule has 0 spiro atoms. The number of aliphatic hydroxyl groups excluding tert-OH is 1. The van der Waals surface area contributed by atoms with E-state index in [1.165, 1.54) is 19.4 Å². The molecular weight excluding hydrogens is 216 g/mol. The van der Waals surface area contributed by atoms with Gasteiger partial charge in [-0.15, -0.1) is 10.2 Å². The molecule has 1 saturated heterocycles. The fourth-order valence-electron chi connectivity index (χ4n) is 2.97. The maximum absolute atomic E-state index is 9.60. The van der Waals surface area contributed by atoms with Crippen LogP contribution in [-0.2, 0) is 19.4 Å². The Kier molecular flexibility index (Phi) is 2.88. The molecular formula is C12H20N4O. The molecule has 3 rings (SSSR count). The number of nitrogens with zero attached hydrogens (tertiary/aromatic N) is 4. The van der Waals surface area contributed by atoms with E-state index in [0.717, 1.165) is 31.0 Å². The van der Waals surface area contributed by atoms with Crippen molar-refractivity contribution in [2.24, 2.45) is 0 Å². The third-order valence-electron chi connectivity index (χ3n) is 4.10. The Labute approximate surface area is 101 Å². The minimum Gasteiger partial charge on any atom is -0.393 e. The van der Waals surface area contributed by atoms with Gasteiger partial charge in [-0.25, -0.2) is 0 Å². The predicted molar refractivity (Wildman–Crippen MR) is 63.7 cm³/mol. The molecule has 1 aromatic rings. The standard InChI is InChI=1S/C12H20N4O/c1-15-5-2-3-9(15)7-11-13-14-12-8-10(17)4-6-16(11)12/h9-10,17H,2-8H2,1H3. The Hall–Kier alpha value is -0.940. The lowest BCUT2D eigenvalue weighted by molar-refractivity contribution is 0.140. The summed E-state index contributed by atoms with van der Waals surface area (Å²) in [7, 11) is 2.19. The van der Waals surface area contributed by atoms with Crippen molar-refractivity contribution in [1.29, 1.82) is 0 Å². The van der Waals surface area contributed by atoms with Crippen LogP contribution in [0.25, 0.3) is 0 Å². The Morgan fingerprint density at radius 2 is 2.18 bits per heavy atom. The maximum Gasteiger partial charge on any atom is 0.135 e. The van der Waals surface area contributed by atoms with E-state index in [2.05, 4.69) is 26.7 Å². The second-order valence-corrected chi connectivity index (χ2v) is 5.31. The average Bonchev–Trinajstić information content (AvgIpc) is 2.87. The molecule has 0 bridgehead atoms. The SMILES string of the molecule is CN1CCCC1Cc1nnc2n1CCC(O)C2. The van der Waals surface area contributed by atoms with Crippen molar-refractivity contribution in [3.05, 3.63) is 11.6 Å². The number of hydrogen-bond donors (Lipinski definition) is 1. The van der Waals surface area contributed by atoms with Crippen LogP contribution in [0.15, 0.2) is 0 Å². The molecule has 0 saturated carbocycles. The Bertz CT molecular complexity index is 403. The molecule has 2 aliphatic heterocycles. The molecule has 1 aromatic heterocycles. The number of hydrogen-bond acceptors (Lipinski definition) is 4. The highest BCUT2D eigenvalue weighted by Crippen LogP contribution is 2.21. The summed E-state index contributed by atoms with van der Waals surface area (Å²) in [5.74, 6) is 2.06. The van der Waals surface area contributed by atoms with E-state index < -0.39 is 0 Å². The van der Waals surface area contributed by atoms with Crippen LogP contribution in [0.1, 0.15) is 30.9 Å². The monoisotopic (exact) mass is 236 g/mol. The second kappa shape index (κ2) is 4.38. The molecule has 2 unspecified atom stereocenters. The quantitative estimate of drug-likeness (QED) is 0.798. The van der Waals surface area contributed by atoms with Crippen LogP contribution in [0.5, 0.6) is 0 Å². The molecule has 0 radical (unpaired) electrons. The summed E-state index contributed by atoms with van der Waals surface area (Å²) in [6, 6.07) is 0.621. The Morgan fingerprint density at radius 1 is 1.29 bits per heavy atom. The molecule has 0 amide bonds. The van der Waals surface area contributed by atoms with Gasteiger partial charge < -0.3 is 14.6 Å². The first-order valence-corrected chi connectivity index (χ1v) is 6.53. The van der Waals surface area contributed by atoms with Gasteiger partial charge in [0.15, 0.2) is 0 Å². The number of fused-ring (bicyclic) bond motifs is 1. The summed E-state index contributed by atoms with van der Waals surface area (Å²) in [4.78, 5) is 2.42. The molecule has 0 aromatic carbocycles. The lowest BCUT2D eigenvalue weighted by atomic mass is 10.1. The summed E-state index contributed by atoms with van der Waals surface area (Å²) >= 11 is 0. The van der Waals surface area contributed by atoms with E-state index in [-0.39, 0.29) is 6.10 Å². The minimum absolute atomic E-state index is 0.228. The highest BCUT2D eigenvalue weighted by Gasteiger charge is 2.26. The molecule has 5 nitrogen and oxygen atoms in total. The van der Waals surface area contributed by atoms with Crippen molar-refractivity contribution in [2.75, 3.05) is 13.6 Å². The normalized spacial score (nSPS) is 29.5. The number of rotatable bonds is 2. The average molecular weight is 236 g/mol. The number of aliphatic hydroxyl groups is 1. The minimum atomic E-state index is -0.228. The van der Waals surface area contributed by atoms with Gasteiger partial charge in [0.05, 0.1) is 6.10 Å². The van der Waals surface area contributed by atoms with Crippen molar-refractivity contribution in [3.8, 4) is 0 Å². The van der Waals surface area contributed by atoms with Gasteiger partial charge in [0.25, 0.3) is 0 Å². The predicted octanol–water partition coefficient (Wildman–Crippen LogP) is 0.222. The zero-order chi connectivity index (χ0) is 11.8. The molecule has 0 aliphatic carbocycles. The second-order valence-electron chi connectivity index (χ2n) is 5.31. The van der Waals surface area contributed by atoms with Gasteiger partial charge in [-0.3, -0.25) is 0 Å². The highest BCUT2D eigenvalue weighted by molar-refractivity contribution is 5.03. The summed E-state index contributed by atoms with van der Waals surface area (Å²) in [6.07, 6.45) is 4.82. The lowest BCUT2D eigenvalue weighted by Gasteiger charge is -2.22.